The van der Waals surface area contributed by atoms with Gasteiger partial charge in [0, 0.05) is 24.4 Å². The Balaban J connectivity index is 1.29. The smallest absolute Gasteiger partial charge is 0.314 e. The quantitative estimate of drug-likeness (QED) is 0.365. The Morgan fingerprint density at radius 3 is 2.68 bits per heavy atom. The minimum Gasteiger partial charge on any atom is -0.485 e. The number of rotatable bonds is 8. The van der Waals surface area contributed by atoms with Gasteiger partial charge in [0.05, 0.1) is 30.7 Å². The molecule has 1 aliphatic heterocycles. The third-order valence-electron chi connectivity index (χ3n) is 5.50. The summed E-state index contributed by atoms with van der Waals surface area (Å²) in [6.45, 7) is 1.11. The van der Waals surface area contributed by atoms with Gasteiger partial charge in [0.1, 0.15) is 11.9 Å². The molecule has 1 amide bonds. The predicted molar refractivity (Wildman–Crippen MR) is 116 cm³/mol. The minimum atomic E-state index is -2.84. The number of hydrogen-bond donors (Lipinski definition) is 0. The van der Waals surface area contributed by atoms with E-state index in [0.717, 1.165) is 24.2 Å². The molecule has 9 nitrogen and oxygen atoms in total. The summed E-state index contributed by atoms with van der Waals surface area (Å²) in [4.78, 5) is 17.4. The summed E-state index contributed by atoms with van der Waals surface area (Å²) in [5, 5.41) is 12.4. The number of carbonyl (C=O) groups is 1. The van der Waals surface area contributed by atoms with Crippen molar-refractivity contribution in [2.75, 3.05) is 20.3 Å². The van der Waals surface area contributed by atoms with Crippen LogP contribution in [0.5, 0.6) is 5.75 Å². The van der Waals surface area contributed by atoms with Crippen LogP contribution in [0, 0.1) is 0 Å². The Labute approximate surface area is 193 Å². The fourth-order valence-corrected chi connectivity index (χ4v) is 3.51. The lowest BCUT2D eigenvalue weighted by Gasteiger charge is -2.28. The van der Waals surface area contributed by atoms with Crippen LogP contribution in [0.15, 0.2) is 46.0 Å². The zero-order valence-corrected chi connectivity index (χ0v) is 18.2. The summed E-state index contributed by atoms with van der Waals surface area (Å²) in [5.41, 5.74) is 2.34. The molecule has 0 unspecified atom stereocenters. The zero-order valence-electron chi connectivity index (χ0n) is 18.2. The maximum Gasteiger partial charge on any atom is 0.314 e. The van der Waals surface area contributed by atoms with Crippen LogP contribution in [0.3, 0.4) is 0 Å². The summed E-state index contributed by atoms with van der Waals surface area (Å²) in [6.07, 6.45) is 2.05. The largest absolute Gasteiger partial charge is 0.485 e. The third-order valence-corrected chi connectivity index (χ3v) is 5.50. The van der Waals surface area contributed by atoms with Crippen molar-refractivity contribution in [1.29, 1.82) is 0 Å². The molecule has 1 aliphatic carbocycles. The molecule has 0 spiro atoms. The average molecular weight is 469 g/mol. The number of aromatic nitrogens is 3. The van der Waals surface area contributed by atoms with Gasteiger partial charge in [0.15, 0.2) is 0 Å². The van der Waals surface area contributed by atoms with Crippen LogP contribution in [-0.4, -0.2) is 58.7 Å². The summed E-state index contributed by atoms with van der Waals surface area (Å²) in [5.74, 6) is -0.0237. The molecular weight excluding hydrogens is 448 g/mol. The molecule has 34 heavy (non-hydrogen) atoms. The van der Waals surface area contributed by atoms with Crippen LogP contribution in [0.2, 0.25) is 0 Å². The van der Waals surface area contributed by atoms with E-state index in [1.807, 2.05) is 12.1 Å². The van der Waals surface area contributed by atoms with E-state index in [-0.39, 0.29) is 17.9 Å². The predicted octanol–water partition coefficient (Wildman–Crippen LogP) is 3.83. The van der Waals surface area contributed by atoms with Gasteiger partial charge in [0.2, 0.25) is 5.89 Å². The van der Waals surface area contributed by atoms with Gasteiger partial charge in [-0.1, -0.05) is 6.07 Å². The standard InChI is InChI=1S/C23H21F2N5O4/c1-30(27-10-15-8-7-14(9-26-15)21-28-29-22(34-21)20(24)25)23(31)17-3-2-4-18(19(17)13-5-6-13)33-16-11-32-12-16/h2-4,7-10,13,16,20H,5-6,11-12H2,1H3/b27-10+. The SMILES string of the molecule is CN(/N=C/c1ccc(-c2nnc(C(F)F)o2)cn1)C(=O)c1cccc(OC2COC2)c1C1CC1. The highest BCUT2D eigenvalue weighted by molar-refractivity contribution is 5.97. The molecule has 5 rings (SSSR count). The maximum absolute atomic E-state index is 13.2. The van der Waals surface area contributed by atoms with Crippen molar-refractivity contribution in [1.82, 2.24) is 20.2 Å². The van der Waals surface area contributed by atoms with Crippen molar-refractivity contribution in [3.8, 4) is 17.2 Å². The lowest BCUT2D eigenvalue weighted by Crippen LogP contribution is -2.38. The molecule has 1 saturated heterocycles. The van der Waals surface area contributed by atoms with Gasteiger partial charge in [-0.05, 0) is 43.0 Å². The second kappa shape index (κ2) is 9.26. The van der Waals surface area contributed by atoms with Crippen molar-refractivity contribution >= 4 is 12.1 Å². The maximum atomic E-state index is 13.2. The fourth-order valence-electron chi connectivity index (χ4n) is 3.51. The van der Waals surface area contributed by atoms with Gasteiger partial charge in [-0.3, -0.25) is 9.78 Å². The van der Waals surface area contributed by atoms with Crippen LogP contribution in [-0.2, 0) is 4.74 Å². The molecule has 2 fully saturated rings. The molecule has 0 N–H and O–H groups in total. The van der Waals surface area contributed by atoms with Gasteiger partial charge in [-0.15, -0.1) is 10.2 Å². The lowest BCUT2D eigenvalue weighted by molar-refractivity contribution is -0.0800. The second-order valence-electron chi connectivity index (χ2n) is 8.06. The van der Waals surface area contributed by atoms with Gasteiger partial charge in [-0.25, -0.2) is 5.01 Å². The lowest BCUT2D eigenvalue weighted by atomic mass is 10.0. The third kappa shape index (κ3) is 4.65. The number of pyridine rings is 1. The van der Waals surface area contributed by atoms with Crippen molar-refractivity contribution in [3.05, 3.63) is 59.2 Å². The van der Waals surface area contributed by atoms with Crippen molar-refractivity contribution in [3.63, 3.8) is 0 Å². The molecular formula is C23H21F2N5O4. The molecule has 0 atom stereocenters. The Hall–Kier alpha value is -3.73. The Morgan fingerprint density at radius 1 is 1.24 bits per heavy atom. The molecule has 3 aromatic rings. The van der Waals surface area contributed by atoms with Crippen LogP contribution in [0.25, 0.3) is 11.5 Å². The first-order valence-corrected chi connectivity index (χ1v) is 10.8. The van der Waals surface area contributed by atoms with Crippen molar-refractivity contribution < 1.29 is 27.5 Å². The Kier molecular flexibility index (Phi) is 6.01. The highest BCUT2D eigenvalue weighted by Crippen LogP contribution is 2.46. The number of benzene rings is 1. The molecule has 11 heteroatoms. The number of ether oxygens (including phenoxy) is 2. The minimum absolute atomic E-state index is 0.0155. The summed E-state index contributed by atoms with van der Waals surface area (Å²) >= 11 is 0. The molecule has 1 aromatic carbocycles. The zero-order chi connectivity index (χ0) is 23.7. The highest BCUT2D eigenvalue weighted by Gasteiger charge is 2.33. The van der Waals surface area contributed by atoms with Gasteiger partial charge < -0.3 is 13.9 Å². The van der Waals surface area contributed by atoms with Crippen LogP contribution in [0.1, 0.15) is 52.7 Å². The van der Waals surface area contributed by atoms with E-state index >= 15 is 0 Å². The van der Waals surface area contributed by atoms with Crippen LogP contribution in [0.4, 0.5) is 8.78 Å². The van der Waals surface area contributed by atoms with Crippen LogP contribution >= 0.6 is 0 Å². The molecule has 0 bridgehead atoms. The normalized spacial score (nSPS) is 16.1. The van der Waals surface area contributed by atoms with Crippen molar-refractivity contribution in [2.45, 2.75) is 31.3 Å². The van der Waals surface area contributed by atoms with E-state index in [4.69, 9.17) is 13.9 Å². The van der Waals surface area contributed by atoms with E-state index in [0.29, 0.717) is 36.0 Å². The van der Waals surface area contributed by atoms with Crippen molar-refractivity contribution in [2.24, 2.45) is 5.10 Å². The van der Waals surface area contributed by atoms with Gasteiger partial charge >= 0.3 is 6.43 Å². The first kappa shape index (κ1) is 22.1. The molecule has 2 aromatic heterocycles. The number of hydrogen-bond acceptors (Lipinski definition) is 8. The number of carbonyl (C=O) groups excluding carboxylic acids is 1. The first-order chi connectivity index (χ1) is 16.5. The highest BCUT2D eigenvalue weighted by atomic mass is 19.3. The summed E-state index contributed by atoms with van der Waals surface area (Å²) < 4.78 is 41.4. The fraction of sp³-hybridized carbons (Fsp3) is 0.348. The van der Waals surface area contributed by atoms with E-state index in [2.05, 4.69) is 20.3 Å². The number of nitrogens with zero attached hydrogens (tertiary/aromatic N) is 5. The van der Waals surface area contributed by atoms with E-state index in [1.54, 1.807) is 25.2 Å². The number of hydrazone groups is 1. The van der Waals surface area contributed by atoms with E-state index in [1.165, 1.54) is 17.4 Å². The second-order valence-corrected chi connectivity index (χ2v) is 8.06. The van der Waals surface area contributed by atoms with E-state index < -0.39 is 12.3 Å². The Morgan fingerprint density at radius 2 is 2.06 bits per heavy atom. The monoisotopic (exact) mass is 469 g/mol. The van der Waals surface area contributed by atoms with E-state index in [9.17, 15) is 13.6 Å². The number of alkyl halides is 2. The Bertz CT molecular complexity index is 1210. The molecule has 1 saturated carbocycles. The average Bonchev–Trinajstić information content (AvgIpc) is 3.54. The molecule has 3 heterocycles. The van der Waals surface area contributed by atoms with Crippen LogP contribution < -0.4 is 4.74 Å². The first-order valence-electron chi connectivity index (χ1n) is 10.8. The topological polar surface area (TPSA) is 103 Å². The molecule has 176 valence electrons. The number of halogens is 2. The van der Waals surface area contributed by atoms with Gasteiger partial charge in [0.25, 0.3) is 11.8 Å². The summed E-state index contributed by atoms with van der Waals surface area (Å²) in [7, 11) is 1.57. The van der Waals surface area contributed by atoms with Gasteiger partial charge in [-0.2, -0.15) is 13.9 Å². The molecule has 2 aliphatic rings. The number of amides is 1. The summed E-state index contributed by atoms with van der Waals surface area (Å²) in [6, 6.07) is 8.69. The molecule has 0 radical (unpaired) electrons.